The van der Waals surface area contributed by atoms with Gasteiger partial charge in [0.1, 0.15) is 11.5 Å². The summed E-state index contributed by atoms with van der Waals surface area (Å²) in [7, 11) is 0. The van der Waals surface area contributed by atoms with Gasteiger partial charge < -0.3 is 10.7 Å². The lowest BCUT2D eigenvalue weighted by Crippen LogP contribution is -2.27. The summed E-state index contributed by atoms with van der Waals surface area (Å²) in [6.07, 6.45) is 2.19. The van der Waals surface area contributed by atoms with Crippen LogP contribution in [-0.2, 0) is 0 Å². The van der Waals surface area contributed by atoms with Crippen molar-refractivity contribution in [1.29, 1.82) is 0 Å². The van der Waals surface area contributed by atoms with Crippen molar-refractivity contribution in [2.24, 2.45) is 11.8 Å². The number of anilines is 1. The molecule has 0 spiro atoms. The molecule has 86 valence electrons. The Morgan fingerprint density at radius 2 is 2.44 bits per heavy atom. The van der Waals surface area contributed by atoms with Gasteiger partial charge in [-0.3, -0.25) is 4.79 Å². The van der Waals surface area contributed by atoms with E-state index in [1.165, 1.54) is 0 Å². The molecule has 1 fully saturated rings. The van der Waals surface area contributed by atoms with Gasteiger partial charge in [0.05, 0.1) is 0 Å². The van der Waals surface area contributed by atoms with Crippen molar-refractivity contribution in [1.82, 2.24) is 10.3 Å². The Morgan fingerprint density at radius 1 is 1.62 bits per heavy atom. The van der Waals surface area contributed by atoms with E-state index in [1.54, 1.807) is 18.2 Å². The van der Waals surface area contributed by atoms with Crippen LogP contribution in [0, 0.1) is 5.92 Å². The number of amides is 1. The second kappa shape index (κ2) is 4.49. The number of hydrogen-bond donors (Lipinski definition) is 3. The number of carbonyl (C=O) groups excluding carboxylic acids is 1. The number of nitrogens with one attached hydrogen (secondary N) is 2. The van der Waals surface area contributed by atoms with Gasteiger partial charge in [0.25, 0.3) is 5.91 Å². The number of nitrogens with two attached hydrogens (primary N) is 1. The van der Waals surface area contributed by atoms with Crippen LogP contribution in [0.5, 0.6) is 0 Å². The largest absolute Gasteiger partial charge is 0.348 e. The van der Waals surface area contributed by atoms with Crippen molar-refractivity contribution in [2.45, 2.75) is 25.8 Å². The minimum Gasteiger partial charge on any atom is -0.348 e. The quantitative estimate of drug-likeness (QED) is 0.520. The third-order valence-corrected chi connectivity index (χ3v) is 2.89. The topological polar surface area (TPSA) is 80.0 Å². The number of rotatable bonds is 4. The molecule has 0 aliphatic heterocycles. The number of pyridine rings is 1. The van der Waals surface area contributed by atoms with E-state index in [1.807, 2.05) is 0 Å². The lowest BCUT2D eigenvalue weighted by molar-refractivity contribution is 0.0944. The highest BCUT2D eigenvalue weighted by Gasteiger charge is 2.36. The van der Waals surface area contributed by atoms with Crippen LogP contribution in [0.3, 0.4) is 0 Å². The summed E-state index contributed by atoms with van der Waals surface area (Å²) in [5, 5.41) is 2.95. The number of hydrogen-bond acceptors (Lipinski definition) is 4. The fourth-order valence-corrected chi connectivity index (χ4v) is 1.76. The first-order valence-corrected chi connectivity index (χ1v) is 5.49. The third-order valence-electron chi connectivity index (χ3n) is 2.89. The smallest absolute Gasteiger partial charge is 0.270 e. The number of hydrazine groups is 1. The number of carbonyl (C=O) groups is 1. The maximum absolute atomic E-state index is 11.8. The fourth-order valence-electron chi connectivity index (χ4n) is 1.76. The van der Waals surface area contributed by atoms with Crippen LogP contribution in [0.4, 0.5) is 5.82 Å². The van der Waals surface area contributed by atoms with Crippen LogP contribution < -0.4 is 16.6 Å². The Morgan fingerprint density at radius 3 is 3.06 bits per heavy atom. The Hall–Kier alpha value is -1.62. The summed E-state index contributed by atoms with van der Waals surface area (Å²) in [5.74, 6) is 6.24. The predicted molar refractivity (Wildman–Crippen MR) is 61.7 cm³/mol. The van der Waals surface area contributed by atoms with Gasteiger partial charge in [-0.2, -0.15) is 0 Å². The Labute approximate surface area is 94.4 Å². The highest BCUT2D eigenvalue weighted by atomic mass is 16.2. The van der Waals surface area contributed by atoms with Gasteiger partial charge in [0, 0.05) is 6.04 Å². The molecule has 5 nitrogen and oxygen atoms in total. The van der Waals surface area contributed by atoms with E-state index in [4.69, 9.17) is 5.84 Å². The lowest BCUT2D eigenvalue weighted by Gasteiger charge is -2.05. The molecule has 0 aromatic carbocycles. The lowest BCUT2D eigenvalue weighted by atomic mass is 10.3. The van der Waals surface area contributed by atoms with Crippen molar-refractivity contribution in [2.75, 3.05) is 5.43 Å². The van der Waals surface area contributed by atoms with E-state index in [0.717, 1.165) is 12.8 Å². The molecule has 4 N–H and O–H groups in total. The van der Waals surface area contributed by atoms with Crippen molar-refractivity contribution in [3.8, 4) is 0 Å². The van der Waals surface area contributed by atoms with Crippen molar-refractivity contribution >= 4 is 11.7 Å². The minimum atomic E-state index is -0.127. The van der Waals surface area contributed by atoms with Gasteiger partial charge in [0.2, 0.25) is 0 Å². The molecule has 0 radical (unpaired) electrons. The Bertz CT molecular complexity index is 393. The molecule has 1 heterocycles. The molecule has 1 saturated carbocycles. The van der Waals surface area contributed by atoms with Crippen molar-refractivity contribution in [3.63, 3.8) is 0 Å². The zero-order chi connectivity index (χ0) is 11.5. The number of nitrogen functional groups attached to an aromatic ring is 1. The molecule has 2 unspecified atom stereocenters. The molecular formula is C11H16N4O. The SMILES string of the molecule is CCC1CC1NC(=O)c1cccc(NN)n1. The highest BCUT2D eigenvalue weighted by molar-refractivity contribution is 5.93. The van der Waals surface area contributed by atoms with Crippen LogP contribution >= 0.6 is 0 Å². The minimum absolute atomic E-state index is 0.127. The fraction of sp³-hybridized carbons (Fsp3) is 0.455. The van der Waals surface area contributed by atoms with Gasteiger partial charge in [-0.15, -0.1) is 0 Å². The van der Waals surface area contributed by atoms with Gasteiger partial charge in [-0.1, -0.05) is 19.4 Å². The molecule has 2 rings (SSSR count). The molecule has 0 bridgehead atoms. The predicted octanol–water partition coefficient (Wildman–Crippen LogP) is 0.895. The van der Waals surface area contributed by atoms with Crippen molar-refractivity contribution < 1.29 is 4.79 Å². The second-order valence-electron chi connectivity index (χ2n) is 4.04. The van der Waals surface area contributed by atoms with Gasteiger partial charge in [-0.05, 0) is 24.5 Å². The van der Waals surface area contributed by atoms with Gasteiger partial charge in [0.15, 0.2) is 0 Å². The highest BCUT2D eigenvalue weighted by Crippen LogP contribution is 2.33. The molecular weight excluding hydrogens is 204 g/mol. The van der Waals surface area contributed by atoms with Crippen LogP contribution in [0.25, 0.3) is 0 Å². The Kier molecular flexibility index (Phi) is 3.05. The third kappa shape index (κ3) is 2.30. The molecule has 16 heavy (non-hydrogen) atoms. The normalized spacial score (nSPS) is 22.6. The first-order chi connectivity index (χ1) is 7.74. The van der Waals surface area contributed by atoms with Crippen LogP contribution in [0.15, 0.2) is 18.2 Å². The summed E-state index contributed by atoms with van der Waals surface area (Å²) in [6.45, 7) is 2.13. The van der Waals surface area contributed by atoms with Crippen LogP contribution in [-0.4, -0.2) is 16.9 Å². The van der Waals surface area contributed by atoms with E-state index in [-0.39, 0.29) is 5.91 Å². The zero-order valence-electron chi connectivity index (χ0n) is 9.23. The second-order valence-corrected chi connectivity index (χ2v) is 4.04. The van der Waals surface area contributed by atoms with E-state index >= 15 is 0 Å². The average Bonchev–Trinajstić information content (AvgIpc) is 3.07. The first-order valence-electron chi connectivity index (χ1n) is 5.49. The van der Waals surface area contributed by atoms with E-state index < -0.39 is 0 Å². The van der Waals surface area contributed by atoms with Crippen molar-refractivity contribution in [3.05, 3.63) is 23.9 Å². The Balaban J connectivity index is 1.98. The first kappa shape index (κ1) is 10.9. The summed E-state index contributed by atoms with van der Waals surface area (Å²) in [4.78, 5) is 15.9. The average molecular weight is 220 g/mol. The number of nitrogens with zero attached hydrogens (tertiary/aromatic N) is 1. The summed E-state index contributed by atoms with van der Waals surface area (Å²) < 4.78 is 0. The zero-order valence-corrected chi connectivity index (χ0v) is 9.23. The van der Waals surface area contributed by atoms with Crippen LogP contribution in [0.2, 0.25) is 0 Å². The molecule has 5 heteroatoms. The molecule has 2 atom stereocenters. The standard InChI is InChI=1S/C11H16N4O/c1-2-7-6-9(7)14-11(16)8-4-3-5-10(13-8)15-12/h3-5,7,9H,2,6,12H2,1H3,(H,13,15)(H,14,16). The summed E-state index contributed by atoms with van der Waals surface area (Å²) in [5.41, 5.74) is 2.82. The van der Waals surface area contributed by atoms with Gasteiger partial charge in [-0.25, -0.2) is 10.8 Å². The molecule has 1 aromatic heterocycles. The summed E-state index contributed by atoms with van der Waals surface area (Å²) in [6, 6.07) is 5.47. The molecule has 1 aliphatic rings. The molecule has 1 aromatic rings. The van der Waals surface area contributed by atoms with E-state index in [2.05, 4.69) is 22.7 Å². The van der Waals surface area contributed by atoms with E-state index in [0.29, 0.717) is 23.5 Å². The van der Waals surface area contributed by atoms with E-state index in [9.17, 15) is 4.79 Å². The molecule has 1 amide bonds. The number of aromatic nitrogens is 1. The maximum Gasteiger partial charge on any atom is 0.270 e. The molecule has 1 aliphatic carbocycles. The van der Waals surface area contributed by atoms with Gasteiger partial charge >= 0.3 is 0 Å². The molecule has 0 saturated heterocycles. The maximum atomic E-state index is 11.8. The monoisotopic (exact) mass is 220 g/mol. The van der Waals surface area contributed by atoms with Crippen LogP contribution in [0.1, 0.15) is 30.3 Å². The summed E-state index contributed by atoms with van der Waals surface area (Å²) >= 11 is 0.